The van der Waals surface area contributed by atoms with E-state index in [9.17, 15) is 5.11 Å². The normalized spacial score (nSPS) is 16.3. The molecular formula is C22H22ClN3O. The predicted octanol–water partition coefficient (Wildman–Crippen LogP) is 4.75. The second kappa shape index (κ2) is 8.07. The minimum atomic E-state index is -0.508. The smallest absolute Gasteiger partial charge is 0.225 e. The molecule has 0 aliphatic carbocycles. The van der Waals surface area contributed by atoms with Gasteiger partial charge in [0.1, 0.15) is 0 Å². The van der Waals surface area contributed by atoms with Gasteiger partial charge in [0, 0.05) is 36.1 Å². The number of halogens is 1. The summed E-state index contributed by atoms with van der Waals surface area (Å²) in [6, 6.07) is 17.8. The van der Waals surface area contributed by atoms with Crippen molar-refractivity contribution in [1.82, 2.24) is 9.97 Å². The number of piperidine rings is 1. The molecule has 27 heavy (non-hydrogen) atoms. The van der Waals surface area contributed by atoms with E-state index in [4.69, 9.17) is 11.6 Å². The number of hydrogen-bond acceptors (Lipinski definition) is 4. The molecule has 4 nitrogen and oxygen atoms in total. The van der Waals surface area contributed by atoms with Gasteiger partial charge in [0.05, 0.1) is 6.10 Å². The zero-order valence-electron chi connectivity index (χ0n) is 15.0. The van der Waals surface area contributed by atoms with Gasteiger partial charge in [-0.05, 0) is 42.0 Å². The second-order valence-corrected chi connectivity index (χ2v) is 7.33. The Hall–Kier alpha value is -2.43. The number of hydrogen-bond donors (Lipinski definition) is 1. The van der Waals surface area contributed by atoms with Crippen LogP contribution in [-0.2, 0) is 0 Å². The molecule has 1 N–H and O–H groups in total. The van der Waals surface area contributed by atoms with Crippen LogP contribution in [0.3, 0.4) is 0 Å². The van der Waals surface area contributed by atoms with Crippen LogP contribution >= 0.6 is 11.6 Å². The van der Waals surface area contributed by atoms with Crippen LogP contribution in [0.25, 0.3) is 11.1 Å². The fraction of sp³-hybridized carbons (Fsp3) is 0.273. The van der Waals surface area contributed by atoms with E-state index in [1.165, 1.54) is 0 Å². The Bertz CT molecular complexity index is 881. The lowest BCUT2D eigenvalue weighted by Gasteiger charge is -2.34. The largest absolute Gasteiger partial charge is 0.388 e. The van der Waals surface area contributed by atoms with Crippen molar-refractivity contribution in [3.05, 3.63) is 77.6 Å². The third kappa shape index (κ3) is 3.97. The van der Waals surface area contributed by atoms with Crippen LogP contribution in [-0.4, -0.2) is 28.2 Å². The first-order valence-electron chi connectivity index (χ1n) is 9.27. The lowest BCUT2D eigenvalue weighted by atomic mass is 9.87. The first kappa shape index (κ1) is 18.0. The monoisotopic (exact) mass is 379 g/mol. The van der Waals surface area contributed by atoms with E-state index in [1.54, 1.807) is 12.4 Å². The zero-order chi connectivity index (χ0) is 18.6. The third-order valence-electron chi connectivity index (χ3n) is 5.24. The van der Waals surface area contributed by atoms with Crippen molar-refractivity contribution in [3.8, 4) is 11.1 Å². The van der Waals surface area contributed by atoms with Gasteiger partial charge in [0.15, 0.2) is 0 Å². The summed E-state index contributed by atoms with van der Waals surface area (Å²) in [5.41, 5.74) is 2.96. The molecule has 1 aliphatic heterocycles. The number of aliphatic hydroxyl groups excluding tert-OH is 1. The SMILES string of the molecule is OC(c1ccc(-c2ccccc2)c(Cl)c1)C1CCN(c2ncccn2)CC1. The number of nitrogens with zero attached hydrogens (tertiary/aromatic N) is 3. The first-order chi connectivity index (χ1) is 13.2. The van der Waals surface area contributed by atoms with Gasteiger partial charge >= 0.3 is 0 Å². The van der Waals surface area contributed by atoms with Gasteiger partial charge in [-0.2, -0.15) is 0 Å². The van der Waals surface area contributed by atoms with Crippen LogP contribution in [0.1, 0.15) is 24.5 Å². The molecule has 0 amide bonds. The molecule has 1 atom stereocenters. The van der Waals surface area contributed by atoms with Crippen molar-refractivity contribution >= 4 is 17.5 Å². The number of aromatic nitrogens is 2. The molecule has 138 valence electrons. The van der Waals surface area contributed by atoms with Gasteiger partial charge in [0.2, 0.25) is 5.95 Å². The van der Waals surface area contributed by atoms with Crippen LogP contribution in [0.4, 0.5) is 5.95 Å². The predicted molar refractivity (Wildman–Crippen MR) is 109 cm³/mol. The van der Waals surface area contributed by atoms with Crippen molar-refractivity contribution < 1.29 is 5.11 Å². The molecule has 4 rings (SSSR count). The minimum Gasteiger partial charge on any atom is -0.388 e. The molecule has 0 bridgehead atoms. The molecule has 0 radical (unpaired) electrons. The summed E-state index contributed by atoms with van der Waals surface area (Å²) >= 11 is 6.51. The minimum absolute atomic E-state index is 0.212. The molecule has 1 unspecified atom stereocenters. The van der Waals surface area contributed by atoms with Crippen LogP contribution in [0.2, 0.25) is 5.02 Å². The summed E-state index contributed by atoms with van der Waals surface area (Å²) in [6.07, 6.45) is 4.82. The highest BCUT2D eigenvalue weighted by Gasteiger charge is 2.27. The fourth-order valence-corrected chi connectivity index (χ4v) is 4.01. The van der Waals surface area contributed by atoms with Crippen molar-refractivity contribution in [1.29, 1.82) is 0 Å². The van der Waals surface area contributed by atoms with Crippen molar-refractivity contribution in [3.63, 3.8) is 0 Å². The first-order valence-corrected chi connectivity index (χ1v) is 9.65. The van der Waals surface area contributed by atoms with Gasteiger partial charge in [-0.1, -0.05) is 54.1 Å². The molecule has 5 heteroatoms. The maximum Gasteiger partial charge on any atom is 0.225 e. The molecule has 1 fully saturated rings. The zero-order valence-corrected chi connectivity index (χ0v) is 15.8. The van der Waals surface area contributed by atoms with Crippen molar-refractivity contribution in [2.45, 2.75) is 18.9 Å². The Morgan fingerprint density at radius 2 is 1.67 bits per heavy atom. The van der Waals surface area contributed by atoms with Gasteiger partial charge in [-0.15, -0.1) is 0 Å². The standard InChI is InChI=1S/C22H22ClN3O/c23-20-15-18(7-8-19(20)16-5-2-1-3-6-16)21(27)17-9-13-26(14-10-17)22-24-11-4-12-25-22/h1-8,11-12,15,17,21,27H,9-10,13-14H2. The Labute approximate surface area is 164 Å². The average molecular weight is 380 g/mol. The molecule has 1 aromatic heterocycles. The number of anilines is 1. The maximum atomic E-state index is 10.9. The molecule has 0 spiro atoms. The number of rotatable bonds is 4. The number of benzene rings is 2. The topological polar surface area (TPSA) is 49.2 Å². The van der Waals surface area contributed by atoms with E-state index < -0.39 is 6.10 Å². The van der Waals surface area contributed by atoms with Crippen LogP contribution in [0, 0.1) is 5.92 Å². The van der Waals surface area contributed by atoms with E-state index >= 15 is 0 Å². The Balaban J connectivity index is 1.44. The lowest BCUT2D eigenvalue weighted by Crippen LogP contribution is -2.36. The van der Waals surface area contributed by atoms with Gasteiger partial charge < -0.3 is 10.0 Å². The maximum absolute atomic E-state index is 10.9. The number of aliphatic hydroxyl groups is 1. The summed E-state index contributed by atoms with van der Waals surface area (Å²) < 4.78 is 0. The highest BCUT2D eigenvalue weighted by atomic mass is 35.5. The highest BCUT2D eigenvalue weighted by molar-refractivity contribution is 6.33. The molecule has 1 saturated heterocycles. The molecule has 1 aliphatic rings. The van der Waals surface area contributed by atoms with E-state index in [2.05, 4.69) is 14.9 Å². The van der Waals surface area contributed by atoms with Gasteiger partial charge in [0.25, 0.3) is 0 Å². The van der Waals surface area contributed by atoms with Gasteiger partial charge in [-0.3, -0.25) is 0 Å². The van der Waals surface area contributed by atoms with E-state index in [0.717, 1.165) is 48.6 Å². The van der Waals surface area contributed by atoms with Crippen LogP contribution < -0.4 is 4.90 Å². The highest BCUT2D eigenvalue weighted by Crippen LogP contribution is 2.35. The molecule has 3 aromatic rings. The Morgan fingerprint density at radius 3 is 2.33 bits per heavy atom. The fourth-order valence-electron chi connectivity index (χ4n) is 3.71. The van der Waals surface area contributed by atoms with E-state index in [1.807, 2.05) is 54.6 Å². The molecule has 0 saturated carbocycles. The van der Waals surface area contributed by atoms with Crippen LogP contribution in [0.15, 0.2) is 67.0 Å². The second-order valence-electron chi connectivity index (χ2n) is 6.92. The summed E-state index contributed by atoms with van der Waals surface area (Å²) in [6.45, 7) is 1.70. The lowest BCUT2D eigenvalue weighted by molar-refractivity contribution is 0.0928. The summed E-state index contributed by atoms with van der Waals surface area (Å²) in [4.78, 5) is 10.8. The van der Waals surface area contributed by atoms with Crippen molar-refractivity contribution in [2.24, 2.45) is 5.92 Å². The quantitative estimate of drug-likeness (QED) is 0.710. The summed E-state index contributed by atoms with van der Waals surface area (Å²) in [7, 11) is 0. The summed E-state index contributed by atoms with van der Waals surface area (Å²) in [5, 5.41) is 11.6. The van der Waals surface area contributed by atoms with Gasteiger partial charge in [-0.25, -0.2) is 9.97 Å². The molecule has 2 heterocycles. The average Bonchev–Trinajstić information content (AvgIpc) is 2.74. The third-order valence-corrected chi connectivity index (χ3v) is 5.55. The van der Waals surface area contributed by atoms with Crippen molar-refractivity contribution in [2.75, 3.05) is 18.0 Å². The van der Waals surface area contributed by atoms with E-state index in [-0.39, 0.29) is 5.92 Å². The summed E-state index contributed by atoms with van der Waals surface area (Å²) in [5.74, 6) is 0.976. The Kier molecular flexibility index (Phi) is 5.37. The Morgan fingerprint density at radius 1 is 0.963 bits per heavy atom. The molecular weight excluding hydrogens is 358 g/mol. The van der Waals surface area contributed by atoms with E-state index in [0.29, 0.717) is 5.02 Å². The molecule has 2 aromatic carbocycles. The van der Waals surface area contributed by atoms with Crippen LogP contribution in [0.5, 0.6) is 0 Å².